The number of hydrogen-bond donors (Lipinski definition) is 6. The highest BCUT2D eigenvalue weighted by Crippen LogP contribution is 2.37. The van der Waals surface area contributed by atoms with E-state index in [4.69, 9.17) is 0 Å². The van der Waals surface area contributed by atoms with Gasteiger partial charge in [0.15, 0.2) is 11.5 Å². The number of likely N-dealkylation sites (N-methyl/N-ethyl adjacent to an activating group) is 1. The van der Waals surface area contributed by atoms with Crippen LogP contribution in [0.3, 0.4) is 0 Å². The molecule has 220 valence electrons. The molecular formula is C32H45NO7. The number of aromatic hydroxyl groups is 2. The minimum Gasteiger partial charge on any atom is -0.504 e. The average molecular weight is 556 g/mol. The standard InChI is InChI=1S/C32H45NO7/c1-33(32(40)20-23-14-18-27(35)30(38)19-23)31(39)12-8-3-2-7-11-25-26(29(37)21-28(25)36)17-16-24(34)15-13-22-9-5-4-6-10-22/h4-6,9-10,14,16-19,24-26,28-29,32,34-38,40H,2-3,7-8,11-13,15,20-21H2,1H3/b17-16+/t24-,25+,26+,28-,29+,32?/m0/s1. The van der Waals surface area contributed by atoms with E-state index in [1.807, 2.05) is 36.4 Å². The van der Waals surface area contributed by atoms with E-state index in [-0.39, 0.29) is 35.7 Å². The largest absolute Gasteiger partial charge is 0.504 e. The first-order chi connectivity index (χ1) is 19.2. The Hall–Kier alpha value is -2.91. The first kappa shape index (κ1) is 31.6. The quantitative estimate of drug-likeness (QED) is 0.0852. The van der Waals surface area contributed by atoms with Crippen molar-refractivity contribution < 1.29 is 35.4 Å². The number of hydrogen-bond acceptors (Lipinski definition) is 7. The zero-order valence-electron chi connectivity index (χ0n) is 23.3. The zero-order chi connectivity index (χ0) is 29.1. The maximum absolute atomic E-state index is 12.5. The van der Waals surface area contributed by atoms with E-state index < -0.39 is 24.5 Å². The summed E-state index contributed by atoms with van der Waals surface area (Å²) in [6.07, 6.45) is 7.00. The van der Waals surface area contributed by atoms with Gasteiger partial charge in [-0.2, -0.15) is 0 Å². The number of nitrogens with zero attached hydrogens (tertiary/aromatic N) is 1. The van der Waals surface area contributed by atoms with Crippen molar-refractivity contribution in [1.29, 1.82) is 0 Å². The summed E-state index contributed by atoms with van der Waals surface area (Å²) < 4.78 is 0. The molecule has 40 heavy (non-hydrogen) atoms. The predicted molar refractivity (Wildman–Crippen MR) is 153 cm³/mol. The Kier molecular flexibility index (Phi) is 12.5. The molecule has 0 aliphatic heterocycles. The van der Waals surface area contributed by atoms with Crippen molar-refractivity contribution in [3.05, 3.63) is 71.8 Å². The number of phenolic OH excluding ortho intramolecular Hbond substituents is 2. The molecule has 1 aliphatic rings. The molecule has 0 saturated heterocycles. The van der Waals surface area contributed by atoms with E-state index in [1.165, 1.54) is 22.6 Å². The Labute approximate surface area is 237 Å². The van der Waals surface area contributed by atoms with Crippen LogP contribution >= 0.6 is 0 Å². The number of aliphatic hydroxyl groups is 4. The van der Waals surface area contributed by atoms with Gasteiger partial charge in [-0.25, -0.2) is 0 Å². The number of unbranched alkanes of at least 4 members (excludes halogenated alkanes) is 3. The topological polar surface area (TPSA) is 142 Å². The van der Waals surface area contributed by atoms with Crippen molar-refractivity contribution in [2.45, 2.75) is 88.7 Å². The Morgan fingerprint density at radius 2 is 1.68 bits per heavy atom. The van der Waals surface area contributed by atoms with Gasteiger partial charge in [0.2, 0.25) is 5.91 Å². The van der Waals surface area contributed by atoms with Crippen LogP contribution in [0.1, 0.15) is 62.5 Å². The van der Waals surface area contributed by atoms with Gasteiger partial charge in [0, 0.05) is 32.2 Å². The summed E-state index contributed by atoms with van der Waals surface area (Å²) in [5, 5.41) is 60.8. The molecule has 2 aromatic carbocycles. The molecule has 0 aromatic heterocycles. The van der Waals surface area contributed by atoms with Crippen molar-refractivity contribution in [3.63, 3.8) is 0 Å². The maximum atomic E-state index is 12.5. The van der Waals surface area contributed by atoms with Gasteiger partial charge in [-0.15, -0.1) is 0 Å². The Morgan fingerprint density at radius 3 is 2.40 bits per heavy atom. The third-order valence-electron chi connectivity index (χ3n) is 8.02. The molecule has 0 radical (unpaired) electrons. The molecule has 1 fully saturated rings. The smallest absolute Gasteiger partial charge is 0.224 e. The van der Waals surface area contributed by atoms with Crippen LogP contribution in [0.25, 0.3) is 0 Å². The Bertz CT molecular complexity index is 1080. The summed E-state index contributed by atoms with van der Waals surface area (Å²) >= 11 is 0. The maximum Gasteiger partial charge on any atom is 0.224 e. The molecule has 1 unspecified atom stereocenters. The lowest BCUT2D eigenvalue weighted by Gasteiger charge is -2.24. The summed E-state index contributed by atoms with van der Waals surface area (Å²) in [6.45, 7) is 0. The number of carbonyl (C=O) groups excluding carboxylic acids is 1. The second kappa shape index (κ2) is 15.8. The van der Waals surface area contributed by atoms with Crippen LogP contribution < -0.4 is 0 Å². The highest BCUT2D eigenvalue weighted by Gasteiger charge is 2.39. The van der Waals surface area contributed by atoms with Gasteiger partial charge in [0.25, 0.3) is 0 Å². The minimum atomic E-state index is -1.03. The van der Waals surface area contributed by atoms with Gasteiger partial charge in [0.1, 0.15) is 6.23 Å². The van der Waals surface area contributed by atoms with Gasteiger partial charge >= 0.3 is 0 Å². The van der Waals surface area contributed by atoms with Crippen LogP contribution in [0.5, 0.6) is 11.5 Å². The summed E-state index contributed by atoms with van der Waals surface area (Å²) in [5.41, 5.74) is 1.78. The lowest BCUT2D eigenvalue weighted by molar-refractivity contribution is -0.138. The van der Waals surface area contributed by atoms with Gasteiger partial charge in [0.05, 0.1) is 18.3 Å². The number of benzene rings is 2. The van der Waals surface area contributed by atoms with Gasteiger partial charge < -0.3 is 35.5 Å². The fourth-order valence-corrected chi connectivity index (χ4v) is 5.49. The molecule has 0 heterocycles. The van der Waals surface area contributed by atoms with Gasteiger partial charge in [-0.3, -0.25) is 4.79 Å². The first-order valence-corrected chi connectivity index (χ1v) is 14.4. The van der Waals surface area contributed by atoms with Crippen molar-refractivity contribution >= 4 is 5.91 Å². The number of phenols is 2. The molecule has 8 nitrogen and oxygen atoms in total. The second-order valence-electron chi connectivity index (χ2n) is 11.1. The van der Waals surface area contributed by atoms with Gasteiger partial charge in [-0.1, -0.05) is 67.8 Å². The van der Waals surface area contributed by atoms with Crippen LogP contribution in [0, 0.1) is 11.8 Å². The number of aryl methyl sites for hydroxylation is 1. The fraction of sp³-hybridized carbons (Fsp3) is 0.531. The minimum absolute atomic E-state index is 0.0604. The average Bonchev–Trinajstić information content (AvgIpc) is 3.21. The zero-order valence-corrected chi connectivity index (χ0v) is 23.3. The van der Waals surface area contributed by atoms with Crippen molar-refractivity contribution in [3.8, 4) is 11.5 Å². The molecule has 6 N–H and O–H groups in total. The van der Waals surface area contributed by atoms with E-state index in [1.54, 1.807) is 19.2 Å². The molecule has 8 heteroatoms. The number of aliphatic hydroxyl groups excluding tert-OH is 4. The van der Waals surface area contributed by atoms with Crippen LogP contribution in [0.2, 0.25) is 0 Å². The lowest BCUT2D eigenvalue weighted by Crippen LogP contribution is -2.38. The normalized spacial score (nSPS) is 22.4. The van der Waals surface area contributed by atoms with Crippen LogP contribution in [-0.4, -0.2) is 73.0 Å². The number of carbonyl (C=O) groups is 1. The highest BCUT2D eigenvalue weighted by molar-refractivity contribution is 5.76. The van der Waals surface area contributed by atoms with Crippen LogP contribution in [-0.2, 0) is 17.6 Å². The van der Waals surface area contributed by atoms with Crippen molar-refractivity contribution in [2.75, 3.05) is 7.05 Å². The summed E-state index contributed by atoms with van der Waals surface area (Å²) in [7, 11) is 1.55. The molecule has 1 aliphatic carbocycles. The Balaban J connectivity index is 1.35. The van der Waals surface area contributed by atoms with E-state index in [0.717, 1.165) is 32.1 Å². The van der Waals surface area contributed by atoms with Crippen LogP contribution in [0.15, 0.2) is 60.7 Å². The molecule has 0 bridgehead atoms. The van der Waals surface area contributed by atoms with E-state index in [0.29, 0.717) is 31.2 Å². The molecule has 6 atom stereocenters. The van der Waals surface area contributed by atoms with Crippen LogP contribution in [0.4, 0.5) is 0 Å². The molecule has 0 spiro atoms. The molecular weight excluding hydrogens is 510 g/mol. The predicted octanol–water partition coefficient (Wildman–Crippen LogP) is 3.67. The number of rotatable bonds is 15. The summed E-state index contributed by atoms with van der Waals surface area (Å²) in [5.74, 6) is -0.914. The van der Waals surface area contributed by atoms with E-state index in [9.17, 15) is 35.4 Å². The molecule has 1 saturated carbocycles. The third kappa shape index (κ3) is 9.63. The molecule has 2 aromatic rings. The fourth-order valence-electron chi connectivity index (χ4n) is 5.49. The second-order valence-corrected chi connectivity index (χ2v) is 11.1. The monoisotopic (exact) mass is 555 g/mol. The third-order valence-corrected chi connectivity index (χ3v) is 8.02. The van der Waals surface area contributed by atoms with E-state index >= 15 is 0 Å². The van der Waals surface area contributed by atoms with Crippen molar-refractivity contribution in [1.82, 2.24) is 4.90 Å². The van der Waals surface area contributed by atoms with Crippen molar-refractivity contribution in [2.24, 2.45) is 11.8 Å². The van der Waals surface area contributed by atoms with Gasteiger partial charge in [-0.05, 0) is 54.9 Å². The summed E-state index contributed by atoms with van der Waals surface area (Å²) in [4.78, 5) is 13.8. The summed E-state index contributed by atoms with van der Waals surface area (Å²) in [6, 6.07) is 14.3. The molecule has 3 rings (SSSR count). The highest BCUT2D eigenvalue weighted by atomic mass is 16.3. The number of amides is 1. The SMILES string of the molecule is CN(C(=O)CCCCCC[C@@H]1[C@@H](/C=C/[C@@H](O)CCc2ccccc2)[C@H](O)C[C@@H]1O)C(O)Cc1ccc(O)c(O)c1. The Morgan fingerprint density at radius 1 is 0.950 bits per heavy atom. The van der Waals surface area contributed by atoms with E-state index in [2.05, 4.69) is 0 Å². The lowest BCUT2D eigenvalue weighted by atomic mass is 9.87. The first-order valence-electron chi connectivity index (χ1n) is 14.4. The molecule has 1 amide bonds.